The number of ether oxygens (including phenoxy) is 1. The molecule has 4 nitrogen and oxygen atoms in total. The number of anilines is 1. The number of carbonyl (C=O) groups excluding carboxylic acids is 1. The minimum atomic E-state index is -0.507. The lowest BCUT2D eigenvalue weighted by molar-refractivity contribution is -0.112. The van der Waals surface area contributed by atoms with Crippen LogP contribution in [0.3, 0.4) is 0 Å². The number of nitrogens with zero attached hydrogens (tertiary/aromatic N) is 1. The first-order valence-electron chi connectivity index (χ1n) is 8.47. The molecule has 134 valence electrons. The van der Waals surface area contributed by atoms with Gasteiger partial charge in [0.25, 0.3) is 5.91 Å². The molecule has 0 atom stereocenters. The van der Waals surface area contributed by atoms with Gasteiger partial charge in [0.05, 0.1) is 17.3 Å². The SMILES string of the molecule is CCCCOc1ccccc1/C=C(\C#N)C(=O)Nc1c(C)cccc1Cl. The number of benzene rings is 2. The van der Waals surface area contributed by atoms with Gasteiger partial charge in [-0.2, -0.15) is 5.26 Å². The number of unbranched alkanes of at least 4 members (excludes halogenated alkanes) is 1. The van der Waals surface area contributed by atoms with Gasteiger partial charge < -0.3 is 10.1 Å². The third-order valence-corrected chi connectivity index (χ3v) is 4.11. The van der Waals surface area contributed by atoms with E-state index in [1.807, 2.05) is 43.3 Å². The van der Waals surface area contributed by atoms with Gasteiger partial charge in [-0.05, 0) is 37.1 Å². The summed E-state index contributed by atoms with van der Waals surface area (Å²) in [6, 6.07) is 14.6. The van der Waals surface area contributed by atoms with Crippen LogP contribution in [0.4, 0.5) is 5.69 Å². The Kier molecular flexibility index (Phi) is 7.25. The van der Waals surface area contributed by atoms with Crippen LogP contribution in [0.1, 0.15) is 30.9 Å². The summed E-state index contributed by atoms with van der Waals surface area (Å²) in [5.41, 5.74) is 2.00. The zero-order valence-electron chi connectivity index (χ0n) is 14.9. The van der Waals surface area contributed by atoms with Crippen LogP contribution in [-0.2, 0) is 4.79 Å². The highest BCUT2D eigenvalue weighted by atomic mass is 35.5. The molecule has 0 saturated carbocycles. The molecule has 2 aromatic carbocycles. The Bertz CT molecular complexity index is 833. The lowest BCUT2D eigenvalue weighted by Crippen LogP contribution is -2.14. The molecule has 0 aliphatic heterocycles. The van der Waals surface area contributed by atoms with Crippen LogP contribution >= 0.6 is 11.6 Å². The van der Waals surface area contributed by atoms with Gasteiger partial charge >= 0.3 is 0 Å². The van der Waals surface area contributed by atoms with E-state index >= 15 is 0 Å². The predicted molar refractivity (Wildman–Crippen MR) is 105 cm³/mol. The number of rotatable bonds is 7. The van der Waals surface area contributed by atoms with Gasteiger partial charge in [-0.15, -0.1) is 0 Å². The third-order valence-electron chi connectivity index (χ3n) is 3.80. The first-order valence-corrected chi connectivity index (χ1v) is 8.84. The van der Waals surface area contributed by atoms with Crippen LogP contribution < -0.4 is 10.1 Å². The van der Waals surface area contributed by atoms with Gasteiger partial charge in [0.1, 0.15) is 17.4 Å². The van der Waals surface area contributed by atoms with Crippen molar-refractivity contribution in [2.45, 2.75) is 26.7 Å². The van der Waals surface area contributed by atoms with Crippen molar-refractivity contribution in [1.29, 1.82) is 5.26 Å². The van der Waals surface area contributed by atoms with E-state index in [-0.39, 0.29) is 5.57 Å². The van der Waals surface area contributed by atoms with Gasteiger partial charge in [0.15, 0.2) is 0 Å². The quantitative estimate of drug-likeness (QED) is 0.405. The van der Waals surface area contributed by atoms with E-state index in [4.69, 9.17) is 16.3 Å². The van der Waals surface area contributed by atoms with Crippen LogP contribution in [0, 0.1) is 18.3 Å². The van der Waals surface area contributed by atoms with Gasteiger partial charge in [-0.1, -0.05) is 55.3 Å². The monoisotopic (exact) mass is 368 g/mol. The molecule has 0 bridgehead atoms. The summed E-state index contributed by atoms with van der Waals surface area (Å²) in [7, 11) is 0. The third kappa shape index (κ3) is 5.11. The van der Waals surface area contributed by atoms with Crippen LogP contribution in [0.25, 0.3) is 6.08 Å². The number of halogens is 1. The Morgan fingerprint density at radius 2 is 2.04 bits per heavy atom. The highest BCUT2D eigenvalue weighted by Crippen LogP contribution is 2.26. The Labute approximate surface area is 159 Å². The van der Waals surface area contributed by atoms with Crippen LogP contribution in [-0.4, -0.2) is 12.5 Å². The first-order chi connectivity index (χ1) is 12.6. The molecule has 2 rings (SSSR count). The fraction of sp³-hybridized carbons (Fsp3) is 0.238. The zero-order chi connectivity index (χ0) is 18.9. The molecule has 1 amide bonds. The van der Waals surface area contributed by atoms with Gasteiger partial charge in [-0.25, -0.2) is 0 Å². The molecule has 0 aliphatic rings. The second-order valence-corrected chi connectivity index (χ2v) is 6.20. The second kappa shape index (κ2) is 9.65. The standard InChI is InChI=1S/C21H21ClN2O2/c1-3-4-12-26-19-11-6-5-9-16(19)13-17(14-23)21(25)24-20-15(2)8-7-10-18(20)22/h5-11,13H,3-4,12H2,1-2H3,(H,24,25)/b17-13+. The van der Waals surface area contributed by atoms with E-state index < -0.39 is 5.91 Å². The Morgan fingerprint density at radius 3 is 2.73 bits per heavy atom. The van der Waals surface area contributed by atoms with Gasteiger partial charge in [-0.3, -0.25) is 4.79 Å². The molecule has 0 aliphatic carbocycles. The van der Waals surface area contributed by atoms with Gasteiger partial charge in [0, 0.05) is 5.56 Å². The smallest absolute Gasteiger partial charge is 0.266 e. The molecule has 0 unspecified atom stereocenters. The molecule has 0 aromatic heterocycles. The number of nitriles is 1. The maximum absolute atomic E-state index is 12.5. The molecule has 0 radical (unpaired) electrons. The summed E-state index contributed by atoms with van der Waals surface area (Å²) in [5, 5.41) is 12.6. The van der Waals surface area contributed by atoms with E-state index in [1.165, 1.54) is 6.08 Å². The Morgan fingerprint density at radius 1 is 1.27 bits per heavy atom. The largest absolute Gasteiger partial charge is 0.493 e. The molecule has 1 N–H and O–H groups in total. The maximum atomic E-state index is 12.5. The number of para-hydroxylation sites is 2. The average molecular weight is 369 g/mol. The van der Waals surface area contributed by atoms with Crippen molar-refractivity contribution < 1.29 is 9.53 Å². The van der Waals surface area contributed by atoms with Crippen LogP contribution in [0.2, 0.25) is 5.02 Å². The summed E-state index contributed by atoms with van der Waals surface area (Å²) in [6.45, 7) is 4.52. The molecule has 26 heavy (non-hydrogen) atoms. The predicted octanol–water partition coefficient (Wildman–Crippen LogP) is 5.37. The van der Waals surface area contributed by atoms with Crippen LogP contribution in [0.5, 0.6) is 5.75 Å². The minimum Gasteiger partial charge on any atom is -0.493 e. The van der Waals surface area contributed by atoms with Crippen molar-refractivity contribution in [3.8, 4) is 11.8 Å². The fourth-order valence-electron chi connectivity index (χ4n) is 2.33. The molecular formula is C21H21ClN2O2. The average Bonchev–Trinajstić information content (AvgIpc) is 2.64. The van der Waals surface area contributed by atoms with Crippen LogP contribution in [0.15, 0.2) is 48.0 Å². The Hall–Kier alpha value is -2.77. The minimum absolute atomic E-state index is 0.0177. The number of aryl methyl sites for hydroxylation is 1. The second-order valence-electron chi connectivity index (χ2n) is 5.80. The van der Waals surface area contributed by atoms with Crippen molar-refractivity contribution in [2.75, 3.05) is 11.9 Å². The Balaban J connectivity index is 2.25. The summed E-state index contributed by atoms with van der Waals surface area (Å²) >= 11 is 6.14. The van der Waals surface area contributed by atoms with E-state index in [2.05, 4.69) is 12.2 Å². The van der Waals surface area contributed by atoms with E-state index in [0.717, 1.165) is 18.4 Å². The zero-order valence-corrected chi connectivity index (χ0v) is 15.6. The highest BCUT2D eigenvalue weighted by molar-refractivity contribution is 6.34. The van der Waals surface area contributed by atoms with Crippen molar-refractivity contribution in [1.82, 2.24) is 0 Å². The number of hydrogen-bond acceptors (Lipinski definition) is 3. The van der Waals surface area contributed by atoms with E-state index in [9.17, 15) is 10.1 Å². The van der Waals surface area contributed by atoms with E-state index in [1.54, 1.807) is 12.1 Å². The first kappa shape index (κ1) is 19.6. The maximum Gasteiger partial charge on any atom is 0.266 e. The molecule has 5 heteroatoms. The summed E-state index contributed by atoms with van der Waals surface area (Å²) in [5.74, 6) is 0.141. The molecule has 2 aromatic rings. The number of hydrogen-bond donors (Lipinski definition) is 1. The van der Waals surface area contributed by atoms with Crippen molar-refractivity contribution in [2.24, 2.45) is 0 Å². The molecule has 0 fully saturated rings. The molecule has 0 spiro atoms. The summed E-state index contributed by atoms with van der Waals surface area (Å²) in [4.78, 5) is 12.5. The summed E-state index contributed by atoms with van der Waals surface area (Å²) in [6.07, 6.45) is 3.50. The molecule has 0 saturated heterocycles. The number of amides is 1. The highest BCUT2D eigenvalue weighted by Gasteiger charge is 2.14. The molecule has 0 heterocycles. The normalized spacial score (nSPS) is 10.9. The van der Waals surface area contributed by atoms with Gasteiger partial charge in [0.2, 0.25) is 0 Å². The topological polar surface area (TPSA) is 62.1 Å². The lowest BCUT2D eigenvalue weighted by atomic mass is 10.1. The van der Waals surface area contributed by atoms with Crippen molar-refractivity contribution >= 4 is 29.3 Å². The fourth-order valence-corrected chi connectivity index (χ4v) is 2.60. The molecular weight excluding hydrogens is 348 g/mol. The van der Waals surface area contributed by atoms with E-state index in [0.29, 0.717) is 28.6 Å². The number of nitrogens with one attached hydrogen (secondary N) is 1. The summed E-state index contributed by atoms with van der Waals surface area (Å²) < 4.78 is 5.75. The van der Waals surface area contributed by atoms with Crippen molar-refractivity contribution in [3.63, 3.8) is 0 Å². The van der Waals surface area contributed by atoms with Crippen molar-refractivity contribution in [3.05, 3.63) is 64.2 Å². The lowest BCUT2D eigenvalue weighted by Gasteiger charge is -2.11. The number of carbonyl (C=O) groups is 1.